The molecule has 0 bridgehead atoms. The maximum absolute atomic E-state index is 5.32. The number of hydrogen-bond donors (Lipinski definition) is 0. The lowest BCUT2D eigenvalue weighted by atomic mass is 10.1. The molecule has 56 valence electrons. The van der Waals surface area contributed by atoms with Crippen molar-refractivity contribution in [2.75, 3.05) is 6.61 Å². The van der Waals surface area contributed by atoms with E-state index in [2.05, 4.69) is 12.1 Å². The molecule has 2 rings (SSSR count). The Bertz CT molecular complexity index is 219. The lowest BCUT2D eigenvalue weighted by Gasteiger charge is -2.07. The second-order valence-corrected chi connectivity index (χ2v) is 2.55. The summed E-state index contributed by atoms with van der Waals surface area (Å²) in [5.74, 6) is 0. The van der Waals surface area contributed by atoms with Gasteiger partial charge in [-0.2, -0.15) is 0 Å². The first kappa shape index (κ1) is 6.89. The van der Waals surface area contributed by atoms with Gasteiger partial charge in [0.1, 0.15) is 0 Å². The standard InChI is InChI=1S/C8H9BO2/c1-2-4-7(5-3-1)8-6-10-9-11-8/h1-5,8-9H,6H2. The van der Waals surface area contributed by atoms with Gasteiger partial charge in [0.05, 0.1) is 12.7 Å². The lowest BCUT2D eigenvalue weighted by molar-refractivity contribution is 0.243. The van der Waals surface area contributed by atoms with Gasteiger partial charge in [-0.3, -0.25) is 0 Å². The molecule has 0 amide bonds. The van der Waals surface area contributed by atoms with Gasteiger partial charge in [-0.05, 0) is 5.56 Å². The Balaban J connectivity index is 2.16. The number of hydrogen-bond acceptors (Lipinski definition) is 2. The maximum Gasteiger partial charge on any atom is 0.438 e. The summed E-state index contributed by atoms with van der Waals surface area (Å²) in [6.45, 7) is 0.685. The van der Waals surface area contributed by atoms with E-state index in [1.54, 1.807) is 0 Å². The zero-order valence-corrected chi connectivity index (χ0v) is 6.19. The average Bonchev–Trinajstić information content (AvgIpc) is 2.58. The molecular weight excluding hydrogens is 139 g/mol. The first-order valence-electron chi connectivity index (χ1n) is 3.71. The summed E-state index contributed by atoms with van der Waals surface area (Å²) in [6.07, 6.45) is 0.149. The quantitative estimate of drug-likeness (QED) is 0.554. The third-order valence-corrected chi connectivity index (χ3v) is 1.79. The molecule has 1 aromatic carbocycles. The molecule has 1 atom stereocenters. The molecule has 1 aliphatic heterocycles. The third-order valence-electron chi connectivity index (χ3n) is 1.79. The van der Waals surface area contributed by atoms with Crippen molar-refractivity contribution in [1.82, 2.24) is 0 Å². The number of benzene rings is 1. The van der Waals surface area contributed by atoms with Crippen LogP contribution >= 0.6 is 0 Å². The van der Waals surface area contributed by atoms with Gasteiger partial charge < -0.3 is 9.31 Å². The van der Waals surface area contributed by atoms with Crippen LogP contribution in [-0.4, -0.2) is 14.3 Å². The molecule has 1 aromatic rings. The monoisotopic (exact) mass is 148 g/mol. The molecule has 0 aromatic heterocycles. The predicted octanol–water partition coefficient (Wildman–Crippen LogP) is 1.04. The molecule has 1 fully saturated rings. The third kappa shape index (κ3) is 1.44. The van der Waals surface area contributed by atoms with Crippen molar-refractivity contribution in [3.63, 3.8) is 0 Å². The first-order chi connectivity index (χ1) is 5.47. The molecular formula is C8H9BO2. The van der Waals surface area contributed by atoms with Crippen LogP contribution in [-0.2, 0) is 9.31 Å². The van der Waals surface area contributed by atoms with Crippen molar-refractivity contribution in [3.05, 3.63) is 35.9 Å². The fourth-order valence-electron chi connectivity index (χ4n) is 1.19. The van der Waals surface area contributed by atoms with E-state index in [4.69, 9.17) is 9.31 Å². The highest BCUT2D eigenvalue weighted by Crippen LogP contribution is 2.20. The van der Waals surface area contributed by atoms with Gasteiger partial charge in [-0.15, -0.1) is 0 Å². The van der Waals surface area contributed by atoms with Gasteiger partial charge in [-0.25, -0.2) is 0 Å². The normalized spacial score (nSPS) is 23.1. The average molecular weight is 148 g/mol. The topological polar surface area (TPSA) is 18.5 Å². The van der Waals surface area contributed by atoms with Gasteiger partial charge in [0.15, 0.2) is 0 Å². The Hall–Kier alpha value is -0.795. The molecule has 1 aliphatic rings. The summed E-state index contributed by atoms with van der Waals surface area (Å²) in [5.41, 5.74) is 1.20. The van der Waals surface area contributed by atoms with Crippen LogP contribution in [0.1, 0.15) is 11.7 Å². The minimum atomic E-state index is 0.149. The predicted molar refractivity (Wildman–Crippen MR) is 43.4 cm³/mol. The van der Waals surface area contributed by atoms with Crippen LogP contribution in [0.3, 0.4) is 0 Å². The minimum absolute atomic E-state index is 0.149. The highest BCUT2D eigenvalue weighted by molar-refractivity contribution is 6.18. The second kappa shape index (κ2) is 3.07. The summed E-state index contributed by atoms with van der Waals surface area (Å²) < 4.78 is 10.4. The van der Waals surface area contributed by atoms with Crippen molar-refractivity contribution in [2.45, 2.75) is 6.10 Å². The molecule has 2 nitrogen and oxygen atoms in total. The van der Waals surface area contributed by atoms with E-state index < -0.39 is 0 Å². The van der Waals surface area contributed by atoms with Crippen LogP contribution in [0.2, 0.25) is 0 Å². The lowest BCUT2D eigenvalue weighted by Crippen LogP contribution is -1.98. The van der Waals surface area contributed by atoms with E-state index in [1.807, 2.05) is 18.2 Å². The summed E-state index contributed by atoms with van der Waals surface area (Å²) >= 11 is 0. The van der Waals surface area contributed by atoms with Crippen LogP contribution in [0.5, 0.6) is 0 Å². The zero-order chi connectivity index (χ0) is 7.52. The van der Waals surface area contributed by atoms with Crippen LogP contribution in [0.4, 0.5) is 0 Å². The summed E-state index contributed by atoms with van der Waals surface area (Å²) in [7, 11) is 0.430. The van der Waals surface area contributed by atoms with Crippen molar-refractivity contribution in [1.29, 1.82) is 0 Å². The van der Waals surface area contributed by atoms with E-state index in [0.717, 1.165) is 0 Å². The Morgan fingerprint density at radius 1 is 1.27 bits per heavy atom. The zero-order valence-electron chi connectivity index (χ0n) is 6.19. The van der Waals surface area contributed by atoms with Gasteiger partial charge >= 0.3 is 7.69 Å². The molecule has 0 radical (unpaired) electrons. The van der Waals surface area contributed by atoms with Crippen molar-refractivity contribution < 1.29 is 9.31 Å². The van der Waals surface area contributed by atoms with Gasteiger partial charge in [0.25, 0.3) is 0 Å². The van der Waals surface area contributed by atoms with E-state index in [1.165, 1.54) is 5.56 Å². The van der Waals surface area contributed by atoms with Crippen molar-refractivity contribution in [3.8, 4) is 0 Å². The van der Waals surface area contributed by atoms with Gasteiger partial charge in [0, 0.05) is 0 Å². The molecule has 0 aliphatic carbocycles. The summed E-state index contributed by atoms with van der Waals surface area (Å²) in [5, 5.41) is 0. The van der Waals surface area contributed by atoms with Gasteiger partial charge in [-0.1, -0.05) is 30.3 Å². The van der Waals surface area contributed by atoms with Crippen LogP contribution < -0.4 is 0 Å². The molecule has 0 spiro atoms. The molecule has 1 heterocycles. The Morgan fingerprint density at radius 3 is 2.73 bits per heavy atom. The smallest absolute Gasteiger partial charge is 0.411 e. The second-order valence-electron chi connectivity index (χ2n) is 2.55. The fraction of sp³-hybridized carbons (Fsp3) is 0.250. The number of rotatable bonds is 1. The Labute approximate surface area is 66.4 Å². The van der Waals surface area contributed by atoms with Crippen LogP contribution in [0, 0.1) is 0 Å². The summed E-state index contributed by atoms with van der Waals surface area (Å²) in [4.78, 5) is 0. The van der Waals surface area contributed by atoms with E-state index in [-0.39, 0.29) is 6.10 Å². The largest absolute Gasteiger partial charge is 0.438 e. The van der Waals surface area contributed by atoms with E-state index in [0.29, 0.717) is 14.3 Å². The fourth-order valence-corrected chi connectivity index (χ4v) is 1.19. The van der Waals surface area contributed by atoms with Crippen LogP contribution in [0.15, 0.2) is 30.3 Å². The van der Waals surface area contributed by atoms with E-state index in [9.17, 15) is 0 Å². The molecule has 0 saturated carbocycles. The minimum Gasteiger partial charge on any atom is -0.411 e. The maximum atomic E-state index is 5.32. The first-order valence-corrected chi connectivity index (χ1v) is 3.71. The van der Waals surface area contributed by atoms with E-state index >= 15 is 0 Å². The highest BCUT2D eigenvalue weighted by atomic mass is 16.6. The highest BCUT2D eigenvalue weighted by Gasteiger charge is 2.18. The Kier molecular flexibility index (Phi) is 1.92. The molecule has 3 heteroatoms. The van der Waals surface area contributed by atoms with Crippen LogP contribution in [0.25, 0.3) is 0 Å². The molecule has 1 saturated heterocycles. The molecule has 1 unspecified atom stereocenters. The van der Waals surface area contributed by atoms with Crippen molar-refractivity contribution >= 4 is 7.69 Å². The summed E-state index contributed by atoms with van der Waals surface area (Å²) in [6, 6.07) is 10.1. The molecule has 0 N–H and O–H groups in total. The SMILES string of the molecule is B1OCC(c2ccccc2)O1. The van der Waals surface area contributed by atoms with Gasteiger partial charge in [0.2, 0.25) is 0 Å². The Morgan fingerprint density at radius 2 is 2.09 bits per heavy atom. The van der Waals surface area contributed by atoms with Crippen molar-refractivity contribution in [2.24, 2.45) is 0 Å². The molecule has 11 heavy (non-hydrogen) atoms.